The lowest BCUT2D eigenvalue weighted by atomic mass is 10.0. The highest BCUT2D eigenvalue weighted by Gasteiger charge is 2.21. The van der Waals surface area contributed by atoms with E-state index in [4.69, 9.17) is 16.3 Å². The van der Waals surface area contributed by atoms with E-state index in [9.17, 15) is 0 Å². The maximum atomic E-state index is 5.88. The van der Waals surface area contributed by atoms with Crippen molar-refractivity contribution >= 4 is 11.6 Å². The molecule has 15 heavy (non-hydrogen) atoms. The van der Waals surface area contributed by atoms with Crippen molar-refractivity contribution < 1.29 is 4.74 Å². The molecular formula is C12H16ClNO. The van der Waals surface area contributed by atoms with Crippen LogP contribution in [0.5, 0.6) is 0 Å². The van der Waals surface area contributed by atoms with Crippen LogP contribution in [-0.4, -0.2) is 24.8 Å². The minimum atomic E-state index is 0.463. The standard InChI is InChI=1S/C12H16ClNO/c1-2-12(14-7-8-15-9-14)10-3-5-11(13)6-4-10/h3-6,12H,2,7-9H2,1H3. The van der Waals surface area contributed by atoms with Gasteiger partial charge in [0.1, 0.15) is 0 Å². The minimum absolute atomic E-state index is 0.463. The predicted octanol–water partition coefficient (Wildman–Crippen LogP) is 3.08. The van der Waals surface area contributed by atoms with E-state index >= 15 is 0 Å². The average molecular weight is 226 g/mol. The molecule has 0 amide bonds. The Balaban J connectivity index is 2.14. The summed E-state index contributed by atoms with van der Waals surface area (Å²) >= 11 is 5.88. The van der Waals surface area contributed by atoms with Gasteiger partial charge in [0.25, 0.3) is 0 Å². The number of nitrogens with zero attached hydrogens (tertiary/aromatic N) is 1. The highest BCUT2D eigenvalue weighted by atomic mass is 35.5. The Hall–Kier alpha value is -0.570. The molecule has 82 valence electrons. The highest BCUT2D eigenvalue weighted by molar-refractivity contribution is 6.30. The number of ether oxygens (including phenoxy) is 1. The summed E-state index contributed by atoms with van der Waals surface area (Å²) < 4.78 is 5.38. The minimum Gasteiger partial charge on any atom is -0.365 e. The van der Waals surface area contributed by atoms with E-state index in [1.165, 1.54) is 5.56 Å². The first kappa shape index (κ1) is 10.9. The molecule has 1 aliphatic heterocycles. The number of hydrogen-bond donors (Lipinski definition) is 0. The fourth-order valence-corrected chi connectivity index (χ4v) is 2.19. The summed E-state index contributed by atoms with van der Waals surface area (Å²) in [6.45, 7) is 4.84. The molecule has 2 rings (SSSR count). The van der Waals surface area contributed by atoms with Crippen LogP contribution in [0.15, 0.2) is 24.3 Å². The Morgan fingerprint density at radius 1 is 1.40 bits per heavy atom. The molecule has 0 aromatic heterocycles. The topological polar surface area (TPSA) is 12.5 Å². The second-order valence-electron chi connectivity index (χ2n) is 3.83. The number of rotatable bonds is 3. The summed E-state index contributed by atoms with van der Waals surface area (Å²) in [7, 11) is 0. The third-order valence-electron chi connectivity index (χ3n) is 2.86. The second kappa shape index (κ2) is 4.97. The molecule has 2 nitrogen and oxygen atoms in total. The summed E-state index contributed by atoms with van der Waals surface area (Å²) in [5.41, 5.74) is 1.33. The van der Waals surface area contributed by atoms with Gasteiger partial charge in [0.15, 0.2) is 0 Å². The van der Waals surface area contributed by atoms with Crippen LogP contribution in [-0.2, 0) is 4.74 Å². The van der Waals surface area contributed by atoms with E-state index in [2.05, 4.69) is 24.0 Å². The molecule has 1 saturated heterocycles. The zero-order valence-electron chi connectivity index (χ0n) is 8.95. The van der Waals surface area contributed by atoms with Crippen LogP contribution in [0.1, 0.15) is 24.9 Å². The van der Waals surface area contributed by atoms with Gasteiger partial charge < -0.3 is 4.74 Å². The first-order chi connectivity index (χ1) is 7.31. The average Bonchev–Trinajstić information content (AvgIpc) is 2.75. The summed E-state index contributed by atoms with van der Waals surface area (Å²) in [6.07, 6.45) is 1.10. The van der Waals surface area contributed by atoms with Crippen molar-refractivity contribution in [2.75, 3.05) is 19.9 Å². The van der Waals surface area contributed by atoms with Gasteiger partial charge in [0.2, 0.25) is 0 Å². The van der Waals surface area contributed by atoms with Crippen LogP contribution in [0.2, 0.25) is 5.02 Å². The zero-order chi connectivity index (χ0) is 10.7. The van der Waals surface area contributed by atoms with Crippen molar-refractivity contribution in [1.82, 2.24) is 4.90 Å². The van der Waals surface area contributed by atoms with Crippen LogP contribution in [0, 0.1) is 0 Å². The van der Waals surface area contributed by atoms with Crippen molar-refractivity contribution in [3.8, 4) is 0 Å². The molecule has 0 radical (unpaired) electrons. The second-order valence-corrected chi connectivity index (χ2v) is 4.26. The first-order valence-electron chi connectivity index (χ1n) is 5.38. The van der Waals surface area contributed by atoms with Crippen LogP contribution >= 0.6 is 11.6 Å². The molecular weight excluding hydrogens is 210 g/mol. The highest BCUT2D eigenvalue weighted by Crippen LogP contribution is 2.26. The van der Waals surface area contributed by atoms with Gasteiger partial charge in [0, 0.05) is 17.6 Å². The van der Waals surface area contributed by atoms with Crippen LogP contribution in [0.4, 0.5) is 0 Å². The first-order valence-corrected chi connectivity index (χ1v) is 5.76. The van der Waals surface area contributed by atoms with Crippen LogP contribution in [0.3, 0.4) is 0 Å². The van der Waals surface area contributed by atoms with Gasteiger partial charge >= 0.3 is 0 Å². The molecule has 3 heteroatoms. The molecule has 0 spiro atoms. The fourth-order valence-electron chi connectivity index (χ4n) is 2.06. The summed E-state index contributed by atoms with van der Waals surface area (Å²) in [5, 5.41) is 0.797. The molecule has 1 aromatic carbocycles. The van der Waals surface area contributed by atoms with E-state index in [0.29, 0.717) is 6.04 Å². The lowest BCUT2D eigenvalue weighted by Gasteiger charge is -2.25. The van der Waals surface area contributed by atoms with E-state index < -0.39 is 0 Å². The normalized spacial score (nSPS) is 19.3. The van der Waals surface area contributed by atoms with Gasteiger partial charge in [0.05, 0.1) is 13.3 Å². The summed E-state index contributed by atoms with van der Waals surface area (Å²) in [5.74, 6) is 0. The Morgan fingerprint density at radius 2 is 2.13 bits per heavy atom. The molecule has 1 aliphatic rings. The molecule has 1 unspecified atom stereocenters. The SMILES string of the molecule is CCC(c1ccc(Cl)cc1)N1CCOC1. The van der Waals surface area contributed by atoms with E-state index in [-0.39, 0.29) is 0 Å². The smallest absolute Gasteiger partial charge is 0.0996 e. The van der Waals surface area contributed by atoms with Crippen molar-refractivity contribution in [1.29, 1.82) is 0 Å². The van der Waals surface area contributed by atoms with Gasteiger partial charge in [-0.15, -0.1) is 0 Å². The number of halogens is 1. The Labute approximate surface area is 95.8 Å². The Morgan fingerprint density at radius 3 is 2.67 bits per heavy atom. The summed E-state index contributed by atoms with van der Waals surface area (Å²) in [6, 6.07) is 8.58. The van der Waals surface area contributed by atoms with Gasteiger partial charge in [-0.05, 0) is 24.1 Å². The molecule has 0 N–H and O–H groups in total. The molecule has 1 fully saturated rings. The quantitative estimate of drug-likeness (QED) is 0.784. The Kier molecular flexibility index (Phi) is 3.62. The maximum Gasteiger partial charge on any atom is 0.0996 e. The Bertz CT molecular complexity index is 306. The number of benzene rings is 1. The molecule has 0 aliphatic carbocycles. The lowest BCUT2D eigenvalue weighted by molar-refractivity contribution is 0.112. The largest absolute Gasteiger partial charge is 0.365 e. The lowest BCUT2D eigenvalue weighted by Crippen LogP contribution is -2.25. The maximum absolute atomic E-state index is 5.88. The monoisotopic (exact) mass is 225 g/mol. The van der Waals surface area contributed by atoms with Crippen molar-refractivity contribution in [2.24, 2.45) is 0 Å². The van der Waals surface area contributed by atoms with Crippen LogP contribution in [0.25, 0.3) is 0 Å². The van der Waals surface area contributed by atoms with Crippen molar-refractivity contribution in [3.63, 3.8) is 0 Å². The third kappa shape index (κ3) is 2.51. The van der Waals surface area contributed by atoms with Crippen LogP contribution < -0.4 is 0 Å². The fraction of sp³-hybridized carbons (Fsp3) is 0.500. The van der Waals surface area contributed by atoms with Crippen molar-refractivity contribution in [3.05, 3.63) is 34.9 Å². The molecule has 1 aromatic rings. The van der Waals surface area contributed by atoms with Crippen molar-refractivity contribution in [2.45, 2.75) is 19.4 Å². The van der Waals surface area contributed by atoms with E-state index in [1.807, 2.05) is 12.1 Å². The van der Waals surface area contributed by atoms with Gasteiger partial charge in [-0.3, -0.25) is 4.90 Å². The molecule has 1 heterocycles. The van der Waals surface area contributed by atoms with Gasteiger partial charge in [-0.2, -0.15) is 0 Å². The predicted molar refractivity (Wildman–Crippen MR) is 62.0 cm³/mol. The zero-order valence-corrected chi connectivity index (χ0v) is 9.70. The number of hydrogen-bond acceptors (Lipinski definition) is 2. The van der Waals surface area contributed by atoms with Gasteiger partial charge in [-0.1, -0.05) is 30.7 Å². The molecule has 0 saturated carbocycles. The van der Waals surface area contributed by atoms with E-state index in [1.54, 1.807) is 0 Å². The third-order valence-corrected chi connectivity index (χ3v) is 3.11. The van der Waals surface area contributed by atoms with E-state index in [0.717, 1.165) is 31.3 Å². The molecule has 1 atom stereocenters. The molecule has 0 bridgehead atoms. The van der Waals surface area contributed by atoms with Gasteiger partial charge in [-0.25, -0.2) is 0 Å². The summed E-state index contributed by atoms with van der Waals surface area (Å²) in [4.78, 5) is 2.36.